The third-order valence-electron chi connectivity index (χ3n) is 13.4. The van der Waals surface area contributed by atoms with Crippen molar-refractivity contribution in [3.8, 4) is 66.8 Å². The van der Waals surface area contributed by atoms with Gasteiger partial charge in [0.2, 0.25) is 0 Å². The van der Waals surface area contributed by atoms with E-state index < -0.39 is 0 Å². The average Bonchev–Trinajstić information content (AvgIpc) is 3.71. The van der Waals surface area contributed by atoms with Gasteiger partial charge < -0.3 is 0 Å². The summed E-state index contributed by atoms with van der Waals surface area (Å²) in [6.07, 6.45) is 0. The van der Waals surface area contributed by atoms with Crippen LogP contribution in [-0.4, -0.2) is 0 Å². The molecule has 2 aliphatic carbocycles. The first-order valence-corrected chi connectivity index (χ1v) is 20.8. The Bertz CT molecular complexity index is 3190. The van der Waals surface area contributed by atoms with Gasteiger partial charge in [-0.3, -0.25) is 0 Å². The zero-order valence-corrected chi connectivity index (χ0v) is 34.0. The zero-order chi connectivity index (χ0) is 39.2. The molecular formula is C58H44. The van der Waals surface area contributed by atoms with E-state index in [-0.39, 0.29) is 10.8 Å². The van der Waals surface area contributed by atoms with Crippen LogP contribution in [0.5, 0.6) is 0 Å². The van der Waals surface area contributed by atoms with Gasteiger partial charge in [0, 0.05) is 0 Å². The molecule has 0 N–H and O–H groups in total. The molecule has 0 bridgehead atoms. The van der Waals surface area contributed by atoms with Gasteiger partial charge in [-0.25, -0.2) is 0 Å². The Morgan fingerprint density at radius 1 is 0.259 bits per heavy atom. The van der Waals surface area contributed by atoms with Gasteiger partial charge in [0.05, 0.1) is 0 Å². The fourth-order valence-electron chi connectivity index (χ4n) is 10.3. The molecule has 0 nitrogen and oxygen atoms in total. The highest BCUT2D eigenvalue weighted by Gasteiger charge is 2.29. The lowest BCUT2D eigenvalue weighted by atomic mass is 9.83. The van der Waals surface area contributed by atoms with E-state index in [1.54, 1.807) is 0 Å². The Hall–Kier alpha value is -6.50. The normalized spacial score (nSPS) is 13.0. The third-order valence-corrected chi connectivity index (χ3v) is 13.4. The quantitative estimate of drug-likeness (QED) is 0.155. The third kappa shape index (κ3) is 4.69. The van der Waals surface area contributed by atoms with Crippen LogP contribution in [0.2, 0.25) is 0 Å². The number of hydrogen-bond donors (Lipinski definition) is 0. The summed E-state index contributed by atoms with van der Waals surface area (Å²) < 4.78 is 0. The molecule has 10 aromatic carbocycles. The fourth-order valence-corrected chi connectivity index (χ4v) is 10.3. The maximum Gasteiger partial charge on any atom is -0.00262 e. The van der Waals surface area contributed by atoms with E-state index >= 15 is 0 Å². The molecule has 0 spiro atoms. The lowest BCUT2D eigenvalue weighted by molar-refractivity contribution is 0.591. The van der Waals surface area contributed by atoms with Gasteiger partial charge in [0.25, 0.3) is 0 Å². The second-order valence-corrected chi connectivity index (χ2v) is 18.9. The van der Waals surface area contributed by atoms with Crippen LogP contribution in [0.4, 0.5) is 0 Å². The van der Waals surface area contributed by atoms with Crippen LogP contribution in [-0.2, 0) is 10.8 Å². The van der Waals surface area contributed by atoms with Gasteiger partial charge in [-0.05, 0) is 191 Å². The zero-order valence-electron chi connectivity index (χ0n) is 34.0. The maximum atomic E-state index is 2.54. The SMILES string of the molecule is CC(C)(C)c1cc2c3c(cccc3c1)-c1cc3c(-c4ccccc4)cc4c5cc6c(cc5c(-c5ccccc5)cc4c3cc1-2)-c1cccc2cc(C(C)(C)C)cc-6c12. The summed E-state index contributed by atoms with van der Waals surface area (Å²) >= 11 is 0. The molecule has 0 saturated carbocycles. The van der Waals surface area contributed by atoms with Crippen molar-refractivity contribution in [3.05, 3.63) is 169 Å². The summed E-state index contributed by atoms with van der Waals surface area (Å²) in [6.45, 7) is 14.0. The van der Waals surface area contributed by atoms with E-state index in [0.29, 0.717) is 0 Å². The first-order chi connectivity index (χ1) is 28.0. The largest absolute Gasteiger partial charge is 0.0622 e. The Labute approximate surface area is 340 Å². The second kappa shape index (κ2) is 11.6. The predicted octanol–water partition coefficient (Wildman–Crippen LogP) is 16.7. The van der Waals surface area contributed by atoms with Crippen LogP contribution >= 0.6 is 0 Å². The van der Waals surface area contributed by atoms with Crippen LogP contribution in [0.3, 0.4) is 0 Å². The topological polar surface area (TPSA) is 0 Å². The molecule has 0 radical (unpaired) electrons. The number of benzene rings is 10. The molecule has 2 aliphatic rings. The molecule has 0 aliphatic heterocycles. The molecule has 0 fully saturated rings. The van der Waals surface area contributed by atoms with Crippen molar-refractivity contribution in [1.29, 1.82) is 0 Å². The highest BCUT2D eigenvalue weighted by molar-refractivity contribution is 6.29. The number of fused-ring (bicyclic) bond motifs is 11. The van der Waals surface area contributed by atoms with Crippen molar-refractivity contribution in [3.63, 3.8) is 0 Å². The van der Waals surface area contributed by atoms with Crippen molar-refractivity contribution in [2.75, 3.05) is 0 Å². The van der Waals surface area contributed by atoms with Crippen LogP contribution in [0, 0.1) is 0 Å². The Morgan fingerprint density at radius 3 is 1.00 bits per heavy atom. The predicted molar refractivity (Wildman–Crippen MR) is 251 cm³/mol. The van der Waals surface area contributed by atoms with Gasteiger partial charge in [0.1, 0.15) is 0 Å². The van der Waals surface area contributed by atoms with Gasteiger partial charge in [0.15, 0.2) is 0 Å². The van der Waals surface area contributed by atoms with Crippen LogP contribution in [0.15, 0.2) is 158 Å². The van der Waals surface area contributed by atoms with Crippen LogP contribution in [0.25, 0.3) is 121 Å². The first-order valence-electron chi connectivity index (χ1n) is 20.8. The summed E-state index contributed by atoms with van der Waals surface area (Å²) in [5.41, 5.74) is 18.6. The van der Waals surface area contributed by atoms with Gasteiger partial charge in [-0.2, -0.15) is 0 Å². The average molecular weight is 741 g/mol. The summed E-state index contributed by atoms with van der Waals surface area (Å²) in [6, 6.07) is 60.7. The molecule has 0 aromatic heterocycles. The molecule has 0 saturated heterocycles. The van der Waals surface area contributed by atoms with E-state index in [9.17, 15) is 0 Å². The van der Waals surface area contributed by atoms with Gasteiger partial charge in [-0.1, -0.05) is 151 Å². The highest BCUT2D eigenvalue weighted by Crippen LogP contribution is 2.55. The van der Waals surface area contributed by atoms with E-state index in [4.69, 9.17) is 0 Å². The monoisotopic (exact) mass is 740 g/mol. The molecular weight excluding hydrogens is 697 g/mol. The molecule has 276 valence electrons. The summed E-state index contributed by atoms with van der Waals surface area (Å²) in [5, 5.41) is 13.2. The van der Waals surface area contributed by atoms with E-state index in [2.05, 4.69) is 199 Å². The minimum Gasteiger partial charge on any atom is -0.0622 e. The van der Waals surface area contributed by atoms with E-state index in [1.807, 2.05) is 0 Å². The van der Waals surface area contributed by atoms with Gasteiger partial charge in [-0.15, -0.1) is 0 Å². The van der Waals surface area contributed by atoms with Crippen molar-refractivity contribution in [2.45, 2.75) is 52.4 Å². The molecule has 58 heavy (non-hydrogen) atoms. The highest BCUT2D eigenvalue weighted by atomic mass is 14.3. The fraction of sp³-hybridized carbons (Fsp3) is 0.138. The van der Waals surface area contributed by atoms with Crippen molar-refractivity contribution >= 4 is 53.9 Å². The summed E-state index contributed by atoms with van der Waals surface area (Å²) in [7, 11) is 0. The first kappa shape index (κ1) is 33.6. The Morgan fingerprint density at radius 2 is 0.603 bits per heavy atom. The van der Waals surface area contributed by atoms with Crippen molar-refractivity contribution in [1.82, 2.24) is 0 Å². The minimum atomic E-state index is 0.0366. The van der Waals surface area contributed by atoms with Gasteiger partial charge >= 0.3 is 0 Å². The molecule has 0 unspecified atom stereocenters. The van der Waals surface area contributed by atoms with Crippen molar-refractivity contribution < 1.29 is 0 Å². The summed E-state index contributed by atoms with van der Waals surface area (Å²) in [4.78, 5) is 0. The molecule has 0 heterocycles. The number of rotatable bonds is 2. The second-order valence-electron chi connectivity index (χ2n) is 18.9. The van der Waals surface area contributed by atoms with Crippen molar-refractivity contribution in [2.24, 2.45) is 0 Å². The van der Waals surface area contributed by atoms with E-state index in [1.165, 1.54) is 132 Å². The van der Waals surface area contributed by atoms with Crippen LogP contribution in [0.1, 0.15) is 52.7 Å². The maximum absolute atomic E-state index is 2.54. The number of hydrogen-bond acceptors (Lipinski definition) is 0. The summed E-state index contributed by atoms with van der Waals surface area (Å²) in [5.74, 6) is 0. The smallest absolute Gasteiger partial charge is 0.00262 e. The molecule has 0 amide bonds. The lowest BCUT2D eigenvalue weighted by Crippen LogP contribution is -2.10. The molecule has 12 rings (SSSR count). The standard InChI is InChI=1S/C58H44/c1-57(2,3)37-23-35-19-13-21-39-43-29-45-41(33-15-9-7-10-16-33)28-48-47(49(45)31-51(43)53(25-37)55(35)39)27-42(34-17-11-8-12-18-34)46-30-44-40-22-14-20-36-24-38(58(4,5)6)26-54(56(36)40)52(44)32-50(46)48/h7-32H,1-6H3. The lowest BCUT2D eigenvalue weighted by Gasteiger charge is -2.21. The molecule has 10 aromatic rings. The Balaban J connectivity index is 1.25. The van der Waals surface area contributed by atoms with E-state index in [0.717, 1.165) is 0 Å². The van der Waals surface area contributed by atoms with Crippen LogP contribution < -0.4 is 0 Å². The Kier molecular flexibility index (Phi) is 6.70. The molecule has 0 heteroatoms. The minimum absolute atomic E-state index is 0.0366. The molecule has 0 atom stereocenters.